The lowest BCUT2D eigenvalue weighted by Gasteiger charge is -2.05. The number of aryl methyl sites for hydroxylation is 1. The highest BCUT2D eigenvalue weighted by atomic mass is 32.2. The molecule has 1 aromatic rings. The Morgan fingerprint density at radius 1 is 1.64 bits per heavy atom. The lowest BCUT2D eigenvalue weighted by atomic mass is 10.7. The van der Waals surface area contributed by atoms with Crippen LogP contribution in [-0.2, 0) is 26.3 Å². The number of aromatic nitrogens is 2. The maximum atomic E-state index is 11.1. The van der Waals surface area contributed by atoms with Gasteiger partial charge >= 0.3 is 16.3 Å². The highest BCUT2D eigenvalue weighted by Gasteiger charge is 2.15. The summed E-state index contributed by atoms with van der Waals surface area (Å²) in [5.41, 5.74) is 0. The molecule has 0 unspecified atom stereocenters. The number of carbonyl (C=O) groups excluding carboxylic acids is 1. The first-order valence-corrected chi connectivity index (χ1v) is 5.02. The second kappa shape index (κ2) is 3.66. The van der Waals surface area contributed by atoms with Crippen LogP contribution in [0.1, 0.15) is 6.92 Å². The smallest absolute Gasteiger partial charge is 0.330 e. The largest absolute Gasteiger partial charge is 0.411 e. The third kappa shape index (κ3) is 2.73. The summed E-state index contributed by atoms with van der Waals surface area (Å²) in [4.78, 5) is 10.4. The molecule has 0 radical (unpaired) electrons. The van der Waals surface area contributed by atoms with Gasteiger partial charge in [-0.1, -0.05) is 0 Å². The zero-order valence-electron chi connectivity index (χ0n) is 7.59. The van der Waals surface area contributed by atoms with E-state index in [4.69, 9.17) is 0 Å². The topological polar surface area (TPSA) is 90.3 Å². The molecule has 8 heteroatoms. The Hall–Kier alpha value is -1.57. The number of rotatable bonds is 3. The van der Waals surface area contributed by atoms with Gasteiger partial charge in [-0.25, -0.2) is 4.72 Å². The zero-order valence-corrected chi connectivity index (χ0v) is 8.41. The summed E-state index contributed by atoms with van der Waals surface area (Å²) in [5.74, 6) is -0.689. The quantitative estimate of drug-likeness (QED) is 0.749. The predicted octanol–water partition coefficient (Wildman–Crippen LogP) is -0.360. The minimum Gasteiger partial charge on any atom is -0.330 e. The van der Waals surface area contributed by atoms with Crippen LogP contribution in [0.3, 0.4) is 0 Å². The van der Waals surface area contributed by atoms with Gasteiger partial charge in [0.1, 0.15) is 5.82 Å². The maximum absolute atomic E-state index is 11.1. The van der Waals surface area contributed by atoms with Gasteiger partial charge in [0.15, 0.2) is 0 Å². The van der Waals surface area contributed by atoms with E-state index >= 15 is 0 Å². The number of hydrogen-bond acceptors (Lipinski definition) is 5. The van der Waals surface area contributed by atoms with Gasteiger partial charge in [0.25, 0.3) is 0 Å². The Morgan fingerprint density at radius 3 is 2.71 bits per heavy atom. The second-order valence-electron chi connectivity index (χ2n) is 2.47. The van der Waals surface area contributed by atoms with E-state index in [1.165, 1.54) is 16.9 Å². The van der Waals surface area contributed by atoms with Crippen molar-refractivity contribution in [3.63, 3.8) is 0 Å². The van der Waals surface area contributed by atoms with Crippen molar-refractivity contribution in [2.75, 3.05) is 4.72 Å². The molecule has 7 nitrogen and oxygen atoms in total. The van der Waals surface area contributed by atoms with Crippen molar-refractivity contribution in [2.24, 2.45) is 7.05 Å². The van der Waals surface area contributed by atoms with E-state index in [2.05, 4.69) is 9.28 Å². The fraction of sp³-hybridized carbons (Fsp3) is 0.333. The minimum atomic E-state index is -4.09. The van der Waals surface area contributed by atoms with Gasteiger partial charge in [0.05, 0.1) is 6.20 Å². The van der Waals surface area contributed by atoms with E-state index in [9.17, 15) is 13.2 Å². The summed E-state index contributed by atoms with van der Waals surface area (Å²) in [5, 5.41) is 3.73. The molecule has 0 spiro atoms. The van der Waals surface area contributed by atoms with Crippen LogP contribution in [0.2, 0.25) is 0 Å². The second-order valence-corrected chi connectivity index (χ2v) is 3.75. The Bertz CT molecular complexity index is 436. The molecule has 0 saturated carbocycles. The lowest BCUT2D eigenvalue weighted by Crippen LogP contribution is -2.20. The molecule has 0 saturated heterocycles. The van der Waals surface area contributed by atoms with Gasteiger partial charge in [-0.3, -0.25) is 9.48 Å². The molecule has 78 valence electrons. The fourth-order valence-corrected chi connectivity index (χ4v) is 1.58. The molecular formula is C6H9N3O4S. The van der Waals surface area contributed by atoms with Crippen LogP contribution in [0.5, 0.6) is 0 Å². The van der Waals surface area contributed by atoms with Crippen LogP contribution in [0.4, 0.5) is 5.82 Å². The molecule has 0 aliphatic carbocycles. The molecule has 0 bridgehead atoms. The van der Waals surface area contributed by atoms with Crippen LogP contribution in [-0.4, -0.2) is 24.2 Å². The average molecular weight is 219 g/mol. The molecule has 0 aromatic carbocycles. The minimum absolute atomic E-state index is 0.214. The average Bonchev–Trinajstić information content (AvgIpc) is 2.32. The van der Waals surface area contributed by atoms with Crippen molar-refractivity contribution in [2.45, 2.75) is 6.92 Å². The van der Waals surface area contributed by atoms with E-state index < -0.39 is 16.3 Å². The number of hydrogen-bond donors (Lipinski definition) is 1. The third-order valence-corrected chi connectivity index (χ3v) is 2.19. The predicted molar refractivity (Wildman–Crippen MR) is 47.5 cm³/mol. The molecule has 1 rings (SSSR count). The Balaban J connectivity index is 2.79. The van der Waals surface area contributed by atoms with Gasteiger partial charge in [0, 0.05) is 20.0 Å². The van der Waals surface area contributed by atoms with Crippen molar-refractivity contribution in [1.82, 2.24) is 9.78 Å². The monoisotopic (exact) mass is 219 g/mol. The van der Waals surface area contributed by atoms with E-state index in [0.29, 0.717) is 0 Å². The molecule has 0 aliphatic rings. The number of anilines is 1. The molecular weight excluding hydrogens is 210 g/mol. The van der Waals surface area contributed by atoms with Gasteiger partial charge in [-0.05, 0) is 0 Å². The first kappa shape index (κ1) is 10.5. The lowest BCUT2D eigenvalue weighted by molar-refractivity contribution is -0.131. The van der Waals surface area contributed by atoms with Crippen molar-refractivity contribution in [3.05, 3.63) is 12.3 Å². The Labute approximate surface area is 80.9 Å². The van der Waals surface area contributed by atoms with E-state index in [0.717, 1.165) is 6.92 Å². The van der Waals surface area contributed by atoms with Crippen LogP contribution >= 0.6 is 0 Å². The molecule has 1 N–H and O–H groups in total. The first-order valence-electron chi connectivity index (χ1n) is 3.61. The standard InChI is InChI=1S/C6H9N3O4S/c1-5(10)13-14(11,12)8-6-3-4-7-9(6)2/h3-4,8H,1-2H3. The zero-order chi connectivity index (χ0) is 10.8. The Morgan fingerprint density at radius 2 is 2.29 bits per heavy atom. The van der Waals surface area contributed by atoms with Crippen molar-refractivity contribution >= 4 is 22.1 Å². The summed E-state index contributed by atoms with van der Waals surface area (Å²) in [7, 11) is -2.54. The molecule has 1 aromatic heterocycles. The molecule has 1 heterocycles. The summed E-state index contributed by atoms with van der Waals surface area (Å²) in [6.07, 6.45) is 1.41. The fourth-order valence-electron chi connectivity index (χ4n) is 0.777. The van der Waals surface area contributed by atoms with Crippen LogP contribution in [0, 0.1) is 0 Å². The molecule has 0 aliphatic heterocycles. The highest BCUT2D eigenvalue weighted by molar-refractivity contribution is 7.88. The maximum Gasteiger partial charge on any atom is 0.411 e. The summed E-state index contributed by atoms with van der Waals surface area (Å²) in [6, 6.07) is 1.43. The molecule has 0 fully saturated rings. The summed E-state index contributed by atoms with van der Waals surface area (Å²) >= 11 is 0. The van der Waals surface area contributed by atoms with E-state index in [1.54, 1.807) is 7.05 Å². The summed E-state index contributed by atoms with van der Waals surface area (Å²) < 4.78 is 29.5. The van der Waals surface area contributed by atoms with Gasteiger partial charge in [-0.2, -0.15) is 13.5 Å². The van der Waals surface area contributed by atoms with E-state index in [-0.39, 0.29) is 5.82 Å². The van der Waals surface area contributed by atoms with Crippen LogP contribution in [0.15, 0.2) is 12.3 Å². The van der Waals surface area contributed by atoms with Gasteiger partial charge in [0.2, 0.25) is 0 Å². The SMILES string of the molecule is CC(=O)OS(=O)(=O)Nc1ccnn1C. The van der Waals surface area contributed by atoms with Crippen molar-refractivity contribution in [1.29, 1.82) is 0 Å². The first-order chi connectivity index (χ1) is 6.41. The van der Waals surface area contributed by atoms with Gasteiger partial charge in [-0.15, -0.1) is 0 Å². The van der Waals surface area contributed by atoms with Crippen LogP contribution in [0.25, 0.3) is 0 Å². The highest BCUT2D eigenvalue weighted by Crippen LogP contribution is 2.07. The van der Waals surface area contributed by atoms with Crippen molar-refractivity contribution < 1.29 is 17.4 Å². The molecule has 14 heavy (non-hydrogen) atoms. The number of carbonyl (C=O) groups is 1. The summed E-state index contributed by atoms with van der Waals surface area (Å²) in [6.45, 7) is 1.00. The third-order valence-electron chi connectivity index (χ3n) is 1.28. The van der Waals surface area contributed by atoms with Crippen molar-refractivity contribution in [3.8, 4) is 0 Å². The Kier molecular flexibility index (Phi) is 2.75. The molecule has 0 amide bonds. The van der Waals surface area contributed by atoms with Crippen LogP contribution < -0.4 is 4.72 Å². The molecule has 0 atom stereocenters. The number of nitrogens with zero attached hydrogens (tertiary/aromatic N) is 2. The number of nitrogens with one attached hydrogen (secondary N) is 1. The van der Waals surface area contributed by atoms with Gasteiger partial charge < -0.3 is 4.18 Å². The normalized spacial score (nSPS) is 11.0. The van der Waals surface area contributed by atoms with E-state index in [1.807, 2.05) is 4.72 Å².